The van der Waals surface area contributed by atoms with Crippen LogP contribution in [-0.2, 0) is 10.1 Å². The Balaban J connectivity index is 3.00. The first-order valence-corrected chi connectivity index (χ1v) is 7.41. The molecular weight excluding hydrogens is 276 g/mol. The van der Waals surface area contributed by atoms with Crippen molar-refractivity contribution in [3.8, 4) is 0 Å². The quantitative estimate of drug-likeness (QED) is 0.696. The molecule has 0 aliphatic heterocycles. The molecule has 0 aliphatic rings. The lowest BCUT2D eigenvalue weighted by molar-refractivity contribution is -0.119. The zero-order valence-corrected chi connectivity index (χ0v) is 12.5. The minimum absolute atomic E-state index is 0.0642. The van der Waals surface area contributed by atoms with Crippen LogP contribution in [0.3, 0.4) is 0 Å². The van der Waals surface area contributed by atoms with E-state index < -0.39 is 0 Å². The average Bonchev–Trinajstić information content (AvgIpc) is 2.35. The van der Waals surface area contributed by atoms with Gasteiger partial charge in [-0.05, 0) is 24.0 Å². The smallest absolute Gasteiger partial charge is 0.137 e. The van der Waals surface area contributed by atoms with Crippen LogP contribution in [0.25, 0.3) is 0 Å². The maximum atomic E-state index is 11.8. The second kappa shape index (κ2) is 6.95. The van der Waals surface area contributed by atoms with E-state index in [9.17, 15) is 4.79 Å². The molecule has 1 atom stereocenters. The van der Waals surface area contributed by atoms with Crippen molar-refractivity contribution in [2.75, 3.05) is 0 Å². The van der Waals surface area contributed by atoms with Gasteiger partial charge in [0, 0.05) is 11.2 Å². The molecule has 1 unspecified atom stereocenters. The van der Waals surface area contributed by atoms with Gasteiger partial charge in [0.2, 0.25) is 0 Å². The maximum absolute atomic E-state index is 11.8. The Kier molecular flexibility index (Phi) is 5.90. The van der Waals surface area contributed by atoms with E-state index in [0.717, 1.165) is 23.7 Å². The molecule has 0 radical (unpaired) electrons. The molecule has 94 valence electrons. The van der Waals surface area contributed by atoms with E-state index in [1.54, 1.807) is 6.92 Å². The molecule has 0 bridgehead atoms. The van der Waals surface area contributed by atoms with E-state index in [1.165, 1.54) is 5.56 Å². The van der Waals surface area contributed by atoms with Crippen molar-refractivity contribution in [2.45, 2.75) is 44.9 Å². The van der Waals surface area contributed by atoms with Crippen molar-refractivity contribution >= 4 is 21.7 Å². The largest absolute Gasteiger partial charge is 0.299 e. The van der Waals surface area contributed by atoms with E-state index in [-0.39, 0.29) is 11.7 Å². The first-order chi connectivity index (χ1) is 8.13. The van der Waals surface area contributed by atoms with Gasteiger partial charge in [-0.15, -0.1) is 0 Å². The van der Waals surface area contributed by atoms with Gasteiger partial charge in [-0.2, -0.15) is 0 Å². The third-order valence-corrected chi connectivity index (χ3v) is 4.10. The Morgan fingerprint density at radius 3 is 2.06 bits per heavy atom. The Labute approximate surface area is 113 Å². The third-order valence-electron chi connectivity index (χ3n) is 3.45. The molecule has 0 amide bonds. The molecule has 1 aromatic rings. The molecule has 0 N–H and O–H groups in total. The molecule has 0 spiro atoms. The summed E-state index contributed by atoms with van der Waals surface area (Å²) in [5.41, 5.74) is 2.41. The highest BCUT2D eigenvalue weighted by molar-refractivity contribution is 9.08. The zero-order chi connectivity index (χ0) is 12.8. The molecule has 17 heavy (non-hydrogen) atoms. The van der Waals surface area contributed by atoms with Crippen molar-refractivity contribution in [3.05, 3.63) is 35.4 Å². The summed E-state index contributed by atoms with van der Waals surface area (Å²) in [6, 6.07) is 8.40. The lowest BCUT2D eigenvalue weighted by Crippen LogP contribution is -2.19. The van der Waals surface area contributed by atoms with Crippen molar-refractivity contribution < 1.29 is 4.79 Å². The van der Waals surface area contributed by atoms with Crippen LogP contribution in [0.4, 0.5) is 0 Å². The third kappa shape index (κ3) is 3.67. The van der Waals surface area contributed by atoms with Gasteiger partial charge < -0.3 is 0 Å². The minimum atomic E-state index is 0.0642. The molecule has 0 aliphatic carbocycles. The maximum Gasteiger partial charge on any atom is 0.137 e. The van der Waals surface area contributed by atoms with Crippen molar-refractivity contribution in [1.82, 2.24) is 0 Å². The zero-order valence-electron chi connectivity index (χ0n) is 10.9. The number of ketones is 1. The molecule has 1 rings (SSSR count). The number of halogens is 1. The Hall–Kier alpha value is -0.630. The summed E-state index contributed by atoms with van der Waals surface area (Å²) in [5.74, 6) is 0.807. The van der Waals surface area contributed by atoms with Crippen LogP contribution >= 0.6 is 15.9 Å². The average molecular weight is 297 g/mol. The number of carbonyl (C=O) groups excluding carboxylic acids is 1. The summed E-state index contributed by atoms with van der Waals surface area (Å²) >= 11 is 3.44. The van der Waals surface area contributed by atoms with Crippen LogP contribution in [0.2, 0.25) is 0 Å². The van der Waals surface area contributed by atoms with E-state index in [0.29, 0.717) is 5.92 Å². The van der Waals surface area contributed by atoms with Gasteiger partial charge in [0.15, 0.2) is 0 Å². The van der Waals surface area contributed by atoms with E-state index >= 15 is 0 Å². The van der Waals surface area contributed by atoms with Crippen LogP contribution < -0.4 is 0 Å². The van der Waals surface area contributed by atoms with Crippen molar-refractivity contribution in [1.29, 1.82) is 0 Å². The molecule has 2 heteroatoms. The molecule has 0 heterocycles. The fraction of sp³-hybridized carbons (Fsp3) is 0.533. The van der Waals surface area contributed by atoms with Crippen molar-refractivity contribution in [2.24, 2.45) is 5.92 Å². The minimum Gasteiger partial charge on any atom is -0.299 e. The van der Waals surface area contributed by atoms with Gasteiger partial charge in [0.1, 0.15) is 5.78 Å². The summed E-state index contributed by atoms with van der Waals surface area (Å²) in [5, 5.41) is 0.864. The van der Waals surface area contributed by atoms with Crippen LogP contribution in [0.5, 0.6) is 0 Å². The molecule has 0 saturated heterocycles. The summed E-state index contributed by atoms with van der Waals surface area (Å²) in [7, 11) is 0. The predicted octanol–water partition coefficient (Wildman–Crippen LogP) is 4.69. The summed E-state index contributed by atoms with van der Waals surface area (Å²) < 4.78 is 0. The summed E-state index contributed by atoms with van der Waals surface area (Å²) in [6.45, 7) is 6.04. The van der Waals surface area contributed by atoms with Gasteiger partial charge in [-0.25, -0.2) is 0 Å². The Bertz CT molecular complexity index is 352. The van der Waals surface area contributed by atoms with Crippen LogP contribution in [0.1, 0.15) is 50.7 Å². The number of benzene rings is 1. The first-order valence-electron chi connectivity index (χ1n) is 6.29. The van der Waals surface area contributed by atoms with Gasteiger partial charge in [-0.1, -0.05) is 66.9 Å². The van der Waals surface area contributed by atoms with Crippen LogP contribution in [-0.4, -0.2) is 5.78 Å². The van der Waals surface area contributed by atoms with Gasteiger partial charge in [0.25, 0.3) is 0 Å². The monoisotopic (exact) mass is 296 g/mol. The van der Waals surface area contributed by atoms with E-state index in [1.807, 2.05) is 0 Å². The van der Waals surface area contributed by atoms with Gasteiger partial charge in [-0.3, -0.25) is 4.79 Å². The summed E-state index contributed by atoms with van der Waals surface area (Å²) in [6.07, 6.45) is 2.11. The Morgan fingerprint density at radius 2 is 1.71 bits per heavy atom. The molecule has 0 fully saturated rings. The molecule has 1 aromatic carbocycles. The number of rotatable bonds is 6. The molecule has 0 saturated carbocycles. The highest BCUT2D eigenvalue weighted by Gasteiger charge is 2.24. The second-order valence-electron chi connectivity index (χ2n) is 4.54. The number of hydrogen-bond donors (Lipinski definition) is 0. The van der Waals surface area contributed by atoms with Crippen molar-refractivity contribution in [3.63, 3.8) is 0 Å². The number of alkyl halides is 1. The molecule has 0 aromatic heterocycles. The SMILES string of the molecule is CCC(CC)C(C(C)=O)c1ccc(CBr)cc1. The molecular formula is C15H21BrO. The number of Topliss-reactive ketones (excluding diaryl/α,β-unsaturated/α-hetero) is 1. The van der Waals surface area contributed by atoms with Gasteiger partial charge in [0.05, 0.1) is 0 Å². The highest BCUT2D eigenvalue weighted by atomic mass is 79.9. The normalized spacial score (nSPS) is 12.8. The fourth-order valence-corrected chi connectivity index (χ4v) is 2.79. The lowest BCUT2D eigenvalue weighted by Gasteiger charge is -2.23. The topological polar surface area (TPSA) is 17.1 Å². The van der Waals surface area contributed by atoms with E-state index in [4.69, 9.17) is 0 Å². The highest BCUT2D eigenvalue weighted by Crippen LogP contribution is 2.30. The lowest BCUT2D eigenvalue weighted by atomic mass is 9.80. The Morgan fingerprint density at radius 1 is 1.18 bits per heavy atom. The van der Waals surface area contributed by atoms with Crippen LogP contribution in [0.15, 0.2) is 24.3 Å². The molecule has 1 nitrogen and oxygen atoms in total. The van der Waals surface area contributed by atoms with E-state index in [2.05, 4.69) is 54.0 Å². The summed E-state index contributed by atoms with van der Waals surface area (Å²) in [4.78, 5) is 11.8. The second-order valence-corrected chi connectivity index (χ2v) is 5.10. The van der Waals surface area contributed by atoms with Crippen LogP contribution in [0, 0.1) is 5.92 Å². The fourth-order valence-electron chi connectivity index (χ4n) is 2.41. The predicted molar refractivity (Wildman–Crippen MR) is 76.6 cm³/mol. The number of carbonyl (C=O) groups is 1. The first kappa shape index (κ1) is 14.4. The standard InChI is InChI=1S/C15H21BrO/c1-4-13(5-2)15(11(3)17)14-8-6-12(10-16)7-9-14/h6-9,13,15H,4-5,10H2,1-3H3. The van der Waals surface area contributed by atoms with Gasteiger partial charge >= 0.3 is 0 Å². The number of hydrogen-bond acceptors (Lipinski definition) is 1.